The minimum atomic E-state index is 0.415. The first-order valence-electron chi connectivity index (χ1n) is 10.7. The first kappa shape index (κ1) is 19.6. The Hall–Kier alpha value is -3.35. The van der Waals surface area contributed by atoms with Gasteiger partial charge in [-0.2, -0.15) is 4.98 Å². The van der Waals surface area contributed by atoms with E-state index >= 15 is 0 Å². The van der Waals surface area contributed by atoms with Crippen molar-refractivity contribution in [1.29, 1.82) is 0 Å². The van der Waals surface area contributed by atoms with Gasteiger partial charge in [-0.1, -0.05) is 54.6 Å². The number of fused-ring (bicyclic) bond motifs is 1. The number of rotatable bonds is 4. The van der Waals surface area contributed by atoms with Gasteiger partial charge in [0.15, 0.2) is 5.65 Å². The number of nitrogens with two attached hydrogens (primary N) is 1. The molecule has 0 amide bonds. The molecule has 3 N–H and O–H groups in total. The van der Waals surface area contributed by atoms with Crippen LogP contribution < -0.4 is 16.0 Å². The van der Waals surface area contributed by atoms with E-state index in [9.17, 15) is 0 Å². The minimum absolute atomic E-state index is 0.415. The zero-order valence-electron chi connectivity index (χ0n) is 17.6. The van der Waals surface area contributed by atoms with Gasteiger partial charge in [-0.15, -0.1) is 0 Å². The van der Waals surface area contributed by atoms with Crippen LogP contribution in [0.1, 0.15) is 12.5 Å². The van der Waals surface area contributed by atoms with Gasteiger partial charge < -0.3 is 16.0 Å². The summed E-state index contributed by atoms with van der Waals surface area (Å²) in [6, 6.07) is 21.2. The highest BCUT2D eigenvalue weighted by atomic mass is 15.3. The highest BCUT2D eigenvalue weighted by molar-refractivity contribution is 5.90. The summed E-state index contributed by atoms with van der Waals surface area (Å²) in [5.74, 6) is 0.741. The molecule has 0 saturated carbocycles. The fourth-order valence-corrected chi connectivity index (χ4v) is 4.08. The third-order valence-electron chi connectivity index (χ3n) is 5.76. The Bertz CT molecular complexity index is 1190. The Kier molecular flexibility index (Phi) is 5.32. The number of benzene rings is 2. The van der Waals surface area contributed by atoms with Gasteiger partial charge in [-0.3, -0.25) is 0 Å². The molecule has 156 valence electrons. The van der Waals surface area contributed by atoms with Gasteiger partial charge in [0.2, 0.25) is 5.95 Å². The molecule has 4 aromatic rings. The first-order chi connectivity index (χ1) is 15.2. The van der Waals surface area contributed by atoms with Gasteiger partial charge in [-0.25, -0.2) is 9.97 Å². The largest absolute Gasteiger partial charge is 0.338 e. The summed E-state index contributed by atoms with van der Waals surface area (Å²) in [6.45, 7) is 5.42. The maximum atomic E-state index is 5.79. The van der Waals surface area contributed by atoms with Gasteiger partial charge in [0.25, 0.3) is 0 Å². The lowest BCUT2D eigenvalue weighted by atomic mass is 9.98. The molecule has 0 radical (unpaired) electrons. The molecule has 0 spiro atoms. The predicted molar refractivity (Wildman–Crippen MR) is 126 cm³/mol. The number of hydrogen-bond acceptors (Lipinski definition) is 6. The number of pyridine rings is 1. The summed E-state index contributed by atoms with van der Waals surface area (Å²) < 4.78 is 0. The van der Waals surface area contributed by atoms with Gasteiger partial charge in [0.1, 0.15) is 0 Å². The molecule has 1 saturated heterocycles. The van der Waals surface area contributed by atoms with Crippen LogP contribution in [-0.2, 0) is 6.54 Å². The van der Waals surface area contributed by atoms with Crippen LogP contribution in [0.25, 0.3) is 33.4 Å². The zero-order valence-corrected chi connectivity index (χ0v) is 17.6. The molecule has 0 unspecified atom stereocenters. The normalized spacial score (nSPS) is 16.6. The van der Waals surface area contributed by atoms with Gasteiger partial charge in [0, 0.05) is 54.9 Å². The summed E-state index contributed by atoms with van der Waals surface area (Å²) in [7, 11) is 0. The number of anilines is 1. The molecule has 0 bridgehead atoms. The Morgan fingerprint density at radius 1 is 1.03 bits per heavy atom. The SMILES string of the molecule is C[C@@H]1CN(c2ncc3cc(-c4ccccc4)c(-c4ccc(CN)cc4)nc3n2)CCN1. The van der Waals surface area contributed by atoms with E-state index in [-0.39, 0.29) is 0 Å². The molecule has 1 aliphatic heterocycles. The van der Waals surface area contributed by atoms with Crippen molar-refractivity contribution in [2.24, 2.45) is 5.73 Å². The van der Waals surface area contributed by atoms with E-state index in [1.54, 1.807) is 0 Å². The first-order valence-corrected chi connectivity index (χ1v) is 10.7. The van der Waals surface area contributed by atoms with Gasteiger partial charge in [-0.05, 0) is 24.1 Å². The Balaban J connectivity index is 1.65. The molecular formula is C25H26N6. The molecule has 1 fully saturated rings. The topological polar surface area (TPSA) is 80.0 Å². The van der Waals surface area contributed by atoms with E-state index in [2.05, 4.69) is 64.6 Å². The number of hydrogen-bond donors (Lipinski definition) is 2. The van der Waals surface area contributed by atoms with Crippen LogP contribution in [0.3, 0.4) is 0 Å². The molecule has 5 rings (SSSR count). The zero-order chi connectivity index (χ0) is 21.2. The maximum Gasteiger partial charge on any atom is 0.227 e. The van der Waals surface area contributed by atoms with Crippen molar-refractivity contribution in [2.75, 3.05) is 24.5 Å². The summed E-state index contributed by atoms with van der Waals surface area (Å²) in [5.41, 5.74) is 11.8. The molecule has 31 heavy (non-hydrogen) atoms. The summed E-state index contributed by atoms with van der Waals surface area (Å²) >= 11 is 0. The number of nitrogens with zero attached hydrogens (tertiary/aromatic N) is 4. The molecule has 6 heteroatoms. The Morgan fingerprint density at radius 2 is 1.84 bits per heavy atom. The average Bonchev–Trinajstić information content (AvgIpc) is 2.83. The summed E-state index contributed by atoms with van der Waals surface area (Å²) in [6.07, 6.45) is 1.89. The number of nitrogens with one attached hydrogen (secondary N) is 1. The fraction of sp³-hybridized carbons (Fsp3) is 0.240. The molecule has 2 aromatic carbocycles. The lowest BCUT2D eigenvalue weighted by Crippen LogP contribution is -2.49. The third-order valence-corrected chi connectivity index (χ3v) is 5.76. The average molecular weight is 411 g/mol. The van der Waals surface area contributed by atoms with Crippen molar-refractivity contribution >= 4 is 17.0 Å². The Labute approximate surface area is 182 Å². The predicted octanol–water partition coefficient (Wildman–Crippen LogP) is 3.62. The smallest absolute Gasteiger partial charge is 0.227 e. The standard InChI is InChI=1S/C25H26N6/c1-17-16-31(12-11-27-17)25-28-15-21-13-22(19-5-3-2-4-6-19)23(29-24(21)30-25)20-9-7-18(14-26)8-10-20/h2-10,13,15,17,27H,11-12,14,16,26H2,1H3/t17-/m1/s1. The quantitative estimate of drug-likeness (QED) is 0.535. The Morgan fingerprint density at radius 3 is 2.58 bits per heavy atom. The molecule has 1 atom stereocenters. The van der Waals surface area contributed by atoms with E-state index in [0.717, 1.165) is 58.9 Å². The number of piperazine rings is 1. The van der Waals surface area contributed by atoms with E-state index in [1.807, 2.05) is 24.4 Å². The van der Waals surface area contributed by atoms with Crippen LogP contribution in [-0.4, -0.2) is 40.6 Å². The van der Waals surface area contributed by atoms with E-state index in [4.69, 9.17) is 15.7 Å². The van der Waals surface area contributed by atoms with Crippen molar-refractivity contribution in [3.8, 4) is 22.4 Å². The molecule has 3 heterocycles. The van der Waals surface area contributed by atoms with Crippen LogP contribution >= 0.6 is 0 Å². The van der Waals surface area contributed by atoms with Crippen LogP contribution in [0, 0.1) is 0 Å². The van der Waals surface area contributed by atoms with Gasteiger partial charge in [0.05, 0.1) is 5.69 Å². The molecule has 2 aromatic heterocycles. The van der Waals surface area contributed by atoms with Crippen LogP contribution in [0.15, 0.2) is 66.9 Å². The van der Waals surface area contributed by atoms with Gasteiger partial charge >= 0.3 is 0 Å². The van der Waals surface area contributed by atoms with Crippen molar-refractivity contribution < 1.29 is 0 Å². The lowest BCUT2D eigenvalue weighted by molar-refractivity contribution is 0.480. The van der Waals surface area contributed by atoms with E-state index in [0.29, 0.717) is 18.2 Å². The van der Waals surface area contributed by atoms with Crippen molar-refractivity contribution in [3.05, 3.63) is 72.4 Å². The van der Waals surface area contributed by atoms with Crippen molar-refractivity contribution in [1.82, 2.24) is 20.3 Å². The van der Waals surface area contributed by atoms with Crippen LogP contribution in [0.5, 0.6) is 0 Å². The number of aromatic nitrogens is 3. The summed E-state index contributed by atoms with van der Waals surface area (Å²) in [5, 5.41) is 4.40. The van der Waals surface area contributed by atoms with Crippen LogP contribution in [0.4, 0.5) is 5.95 Å². The maximum absolute atomic E-state index is 5.79. The summed E-state index contributed by atoms with van der Waals surface area (Å²) in [4.78, 5) is 16.8. The molecule has 0 aliphatic carbocycles. The highest BCUT2D eigenvalue weighted by Gasteiger charge is 2.19. The third kappa shape index (κ3) is 4.00. The fourth-order valence-electron chi connectivity index (χ4n) is 4.08. The monoisotopic (exact) mass is 410 g/mol. The van der Waals surface area contributed by atoms with Crippen LogP contribution in [0.2, 0.25) is 0 Å². The lowest BCUT2D eigenvalue weighted by Gasteiger charge is -2.31. The second-order valence-corrected chi connectivity index (χ2v) is 8.04. The molecular weight excluding hydrogens is 384 g/mol. The second kappa shape index (κ2) is 8.41. The van der Waals surface area contributed by atoms with Crippen molar-refractivity contribution in [2.45, 2.75) is 19.5 Å². The van der Waals surface area contributed by atoms with E-state index < -0.39 is 0 Å². The van der Waals surface area contributed by atoms with Crippen molar-refractivity contribution in [3.63, 3.8) is 0 Å². The van der Waals surface area contributed by atoms with E-state index in [1.165, 1.54) is 0 Å². The molecule has 1 aliphatic rings. The highest BCUT2D eigenvalue weighted by Crippen LogP contribution is 2.33. The minimum Gasteiger partial charge on any atom is -0.338 e. The second-order valence-electron chi connectivity index (χ2n) is 8.04. The molecule has 6 nitrogen and oxygen atoms in total.